The van der Waals surface area contributed by atoms with E-state index in [1.54, 1.807) is 67.8 Å². The Balaban J connectivity index is 1.23. The number of carbonyl (C=O) groups is 3. The smallest absolute Gasteiger partial charge is 0.272 e. The first-order chi connectivity index (χ1) is 24.9. The van der Waals surface area contributed by atoms with E-state index in [4.69, 9.17) is 9.47 Å². The molecule has 0 aliphatic rings. The fourth-order valence-electron chi connectivity index (χ4n) is 5.15. The van der Waals surface area contributed by atoms with Crippen molar-refractivity contribution in [3.8, 4) is 11.5 Å². The number of amides is 3. The van der Waals surface area contributed by atoms with Gasteiger partial charge < -0.3 is 25.4 Å². The number of para-hydroxylation sites is 1. The first-order valence-electron chi connectivity index (χ1n) is 16.1. The topological polar surface area (TPSA) is 119 Å². The number of methoxy groups -OCH3 is 1. The van der Waals surface area contributed by atoms with Gasteiger partial charge in [0.1, 0.15) is 22.4 Å². The zero-order valence-corrected chi connectivity index (χ0v) is 29.4. The van der Waals surface area contributed by atoms with E-state index >= 15 is 0 Å². The van der Waals surface area contributed by atoms with Gasteiger partial charge in [-0.25, -0.2) is 4.98 Å². The summed E-state index contributed by atoms with van der Waals surface area (Å²) in [7, 11) is 1.54. The normalized spacial score (nSPS) is 11.8. The quantitative estimate of drug-likeness (QED) is 0.0810. The maximum Gasteiger partial charge on any atom is 0.272 e. The first-order valence-corrected chi connectivity index (χ1v) is 17.8. The molecule has 256 valence electrons. The first kappa shape index (κ1) is 34.9. The van der Waals surface area contributed by atoms with E-state index in [1.165, 1.54) is 23.1 Å². The number of rotatable bonds is 13. The number of benzene rings is 5. The predicted molar refractivity (Wildman–Crippen MR) is 204 cm³/mol. The zero-order chi connectivity index (χ0) is 35.6. The second kappa shape index (κ2) is 16.7. The highest BCUT2D eigenvalue weighted by Crippen LogP contribution is 2.38. The van der Waals surface area contributed by atoms with Gasteiger partial charge in [-0.1, -0.05) is 84.1 Å². The molecule has 5 aromatic carbocycles. The molecule has 0 saturated heterocycles. The Bertz CT molecular complexity index is 2190. The largest absolute Gasteiger partial charge is 0.496 e. The lowest BCUT2D eigenvalue weighted by molar-refractivity contribution is -0.116. The number of hydrogen-bond acceptors (Lipinski definition) is 8. The second-order valence-electron chi connectivity index (χ2n) is 11.1. The van der Waals surface area contributed by atoms with E-state index < -0.39 is 17.1 Å². The summed E-state index contributed by atoms with van der Waals surface area (Å²) >= 11 is 2.72. The molecule has 0 fully saturated rings. The summed E-state index contributed by atoms with van der Waals surface area (Å²) in [5.41, 5.74) is 3.10. The number of nitrogens with one attached hydrogen (secondary N) is 3. The van der Waals surface area contributed by atoms with Crippen molar-refractivity contribution in [2.45, 2.75) is 17.1 Å². The molecule has 1 heterocycles. The number of anilines is 2. The Morgan fingerprint density at radius 3 is 2.35 bits per heavy atom. The number of thioether (sulfide) groups is 1. The Labute approximate surface area is 303 Å². The third-order valence-corrected chi connectivity index (χ3v) is 9.74. The van der Waals surface area contributed by atoms with Crippen LogP contribution in [0.5, 0.6) is 11.5 Å². The van der Waals surface area contributed by atoms with Crippen LogP contribution in [0.4, 0.5) is 10.8 Å². The molecule has 6 rings (SSSR count). The van der Waals surface area contributed by atoms with Crippen molar-refractivity contribution in [2.24, 2.45) is 0 Å². The molecule has 3 N–H and O–H groups in total. The Hall–Kier alpha value is -5.91. The number of thiazole rings is 1. The van der Waals surface area contributed by atoms with Crippen LogP contribution in [-0.4, -0.2) is 36.4 Å². The van der Waals surface area contributed by atoms with E-state index in [9.17, 15) is 14.4 Å². The minimum Gasteiger partial charge on any atom is -0.496 e. The number of ether oxygens (including phenoxy) is 2. The maximum atomic E-state index is 13.8. The minimum atomic E-state index is -0.630. The molecule has 0 saturated carbocycles. The molecule has 3 amide bonds. The summed E-state index contributed by atoms with van der Waals surface area (Å²) in [5, 5.41) is 8.54. The average Bonchev–Trinajstić information content (AvgIpc) is 3.56. The van der Waals surface area contributed by atoms with E-state index in [1.807, 2.05) is 79.7 Å². The van der Waals surface area contributed by atoms with Gasteiger partial charge in [-0.05, 0) is 73.2 Å². The third kappa shape index (κ3) is 9.01. The van der Waals surface area contributed by atoms with Gasteiger partial charge in [0.15, 0.2) is 5.13 Å². The molecule has 0 aliphatic heterocycles. The van der Waals surface area contributed by atoms with Crippen LogP contribution in [-0.2, 0) is 9.59 Å². The van der Waals surface area contributed by atoms with E-state index in [2.05, 4.69) is 20.9 Å². The van der Waals surface area contributed by atoms with E-state index in [0.717, 1.165) is 26.4 Å². The van der Waals surface area contributed by atoms with Crippen LogP contribution in [0.25, 0.3) is 16.3 Å². The van der Waals surface area contributed by atoms with Crippen molar-refractivity contribution in [2.75, 3.05) is 24.4 Å². The molecule has 0 radical (unpaired) electrons. The summed E-state index contributed by atoms with van der Waals surface area (Å²) in [5.74, 6) is 0.0814. The Morgan fingerprint density at radius 2 is 1.59 bits per heavy atom. The molecule has 11 heteroatoms. The predicted octanol–water partition coefficient (Wildman–Crippen LogP) is 8.59. The average molecular weight is 715 g/mol. The fourth-order valence-corrected chi connectivity index (χ4v) is 7.13. The number of aromatic nitrogens is 1. The lowest BCUT2D eigenvalue weighted by Gasteiger charge is -2.17. The molecular formula is C40H34N4O5S2. The molecule has 1 atom stereocenters. The summed E-state index contributed by atoms with van der Waals surface area (Å²) in [6.07, 6.45) is 1.57. The van der Waals surface area contributed by atoms with Crippen LogP contribution in [0.15, 0.2) is 138 Å². The van der Waals surface area contributed by atoms with Crippen LogP contribution in [0.1, 0.15) is 33.7 Å². The summed E-state index contributed by atoms with van der Waals surface area (Å²) < 4.78 is 12.0. The van der Waals surface area contributed by atoms with Crippen molar-refractivity contribution in [1.82, 2.24) is 10.3 Å². The Kier molecular flexibility index (Phi) is 11.4. The highest BCUT2D eigenvalue weighted by atomic mass is 32.2. The van der Waals surface area contributed by atoms with Gasteiger partial charge in [0.2, 0.25) is 5.91 Å². The van der Waals surface area contributed by atoms with Crippen molar-refractivity contribution in [3.63, 3.8) is 0 Å². The van der Waals surface area contributed by atoms with Gasteiger partial charge >= 0.3 is 0 Å². The number of fused-ring (bicyclic) bond motifs is 1. The zero-order valence-electron chi connectivity index (χ0n) is 27.8. The van der Waals surface area contributed by atoms with Crippen molar-refractivity contribution < 1.29 is 23.9 Å². The van der Waals surface area contributed by atoms with Gasteiger partial charge in [-0.15, -0.1) is 11.8 Å². The SMILES string of the molecule is CCOc1ccc2nc(NC(=O)C(Sc3cccc(NC(=O)/C(=C\c4ccccc4OC)NC(=O)c4ccccc4)c3)c3ccccc3)sc2c1. The van der Waals surface area contributed by atoms with Gasteiger partial charge in [-0.2, -0.15) is 0 Å². The van der Waals surface area contributed by atoms with E-state index in [-0.39, 0.29) is 11.6 Å². The van der Waals surface area contributed by atoms with Gasteiger partial charge in [0.05, 0.1) is 23.9 Å². The molecule has 1 unspecified atom stereocenters. The monoisotopic (exact) mass is 714 g/mol. The summed E-state index contributed by atoms with van der Waals surface area (Å²) in [4.78, 5) is 46.1. The maximum absolute atomic E-state index is 13.8. The molecule has 6 aromatic rings. The van der Waals surface area contributed by atoms with Gasteiger partial charge in [0.25, 0.3) is 11.8 Å². The number of nitrogens with zero attached hydrogens (tertiary/aromatic N) is 1. The third-order valence-electron chi connectivity index (χ3n) is 7.55. The molecule has 0 bridgehead atoms. The molecule has 9 nitrogen and oxygen atoms in total. The van der Waals surface area contributed by atoms with Crippen molar-refractivity contribution in [3.05, 3.63) is 150 Å². The second-order valence-corrected chi connectivity index (χ2v) is 13.3. The lowest BCUT2D eigenvalue weighted by atomic mass is 10.1. The van der Waals surface area contributed by atoms with Gasteiger partial charge in [-0.3, -0.25) is 14.4 Å². The van der Waals surface area contributed by atoms with Crippen LogP contribution in [0.2, 0.25) is 0 Å². The molecule has 0 aliphatic carbocycles. The fraction of sp³-hybridized carbons (Fsp3) is 0.100. The number of hydrogen-bond donors (Lipinski definition) is 3. The molecule has 0 spiro atoms. The number of carbonyl (C=O) groups excluding carboxylic acids is 3. The lowest BCUT2D eigenvalue weighted by Crippen LogP contribution is -2.30. The highest BCUT2D eigenvalue weighted by molar-refractivity contribution is 8.00. The minimum absolute atomic E-state index is 0.0251. The van der Waals surface area contributed by atoms with Crippen molar-refractivity contribution >= 4 is 67.9 Å². The van der Waals surface area contributed by atoms with Crippen molar-refractivity contribution in [1.29, 1.82) is 0 Å². The van der Waals surface area contributed by atoms with E-state index in [0.29, 0.717) is 34.3 Å². The Morgan fingerprint density at radius 1 is 0.843 bits per heavy atom. The molecule has 1 aromatic heterocycles. The molecular weight excluding hydrogens is 681 g/mol. The summed E-state index contributed by atoms with van der Waals surface area (Å²) in [6.45, 7) is 2.48. The highest BCUT2D eigenvalue weighted by Gasteiger charge is 2.24. The standard InChI is InChI=1S/C40H34N4O5S2/c1-3-49-30-21-22-32-35(25-30)51-40(43-32)44-39(47)36(26-13-6-4-7-14-26)50-31-19-12-18-29(24-31)41-38(46)33(23-28-17-10-11-20-34(28)48-2)42-37(45)27-15-8-5-9-16-27/h4-25,36H,3H2,1-2H3,(H,41,46)(H,42,45)(H,43,44,47)/b33-23+. The van der Waals surface area contributed by atoms with Crippen LogP contribution in [0.3, 0.4) is 0 Å². The van der Waals surface area contributed by atoms with Crippen LogP contribution < -0.4 is 25.4 Å². The van der Waals surface area contributed by atoms with Gasteiger partial charge in [0, 0.05) is 21.7 Å². The summed E-state index contributed by atoms with van der Waals surface area (Å²) in [6, 6.07) is 38.2. The molecule has 51 heavy (non-hydrogen) atoms. The van der Waals surface area contributed by atoms with Crippen LogP contribution >= 0.6 is 23.1 Å². The van der Waals surface area contributed by atoms with Crippen LogP contribution in [0, 0.1) is 0 Å².